The summed E-state index contributed by atoms with van der Waals surface area (Å²) in [4.78, 5) is 61.8. The Balaban J connectivity index is 1.58. The smallest absolute Gasteiger partial charge is 0.335 e. The molecule has 0 radical (unpaired) electrons. The van der Waals surface area contributed by atoms with Crippen LogP contribution in [0.15, 0.2) is 66.2 Å². The number of methoxy groups -OCH3 is 1. The van der Waals surface area contributed by atoms with Crippen LogP contribution in [0.1, 0.15) is 12.5 Å². The number of para-hydroxylation sites is 2. The molecular weight excluding hydrogens is 572 g/mol. The van der Waals surface area contributed by atoms with E-state index in [9.17, 15) is 29.3 Å². The molecule has 0 atom stereocenters. The highest BCUT2D eigenvalue weighted by Crippen LogP contribution is 2.38. The van der Waals surface area contributed by atoms with Crippen molar-refractivity contribution in [3.8, 4) is 17.2 Å². The van der Waals surface area contributed by atoms with E-state index in [-0.39, 0.29) is 40.1 Å². The second-order valence-electron chi connectivity index (χ2n) is 8.53. The Morgan fingerprint density at radius 1 is 1.07 bits per heavy atom. The number of anilines is 2. The summed E-state index contributed by atoms with van der Waals surface area (Å²) in [5.74, 6) is -1.76. The number of carbonyl (C=O) groups is 4. The van der Waals surface area contributed by atoms with Crippen LogP contribution in [0.2, 0.25) is 5.02 Å². The van der Waals surface area contributed by atoms with Crippen LogP contribution in [0.5, 0.6) is 17.2 Å². The van der Waals surface area contributed by atoms with Crippen molar-refractivity contribution in [2.75, 3.05) is 30.5 Å². The van der Waals surface area contributed by atoms with Crippen molar-refractivity contribution in [1.29, 1.82) is 0 Å². The predicted molar refractivity (Wildman–Crippen MR) is 152 cm³/mol. The highest BCUT2D eigenvalue weighted by molar-refractivity contribution is 6.39. The number of benzene rings is 3. The molecule has 0 aliphatic carbocycles. The Kier molecular flexibility index (Phi) is 9.02. The largest absolute Gasteiger partial charge is 0.495 e. The van der Waals surface area contributed by atoms with Crippen molar-refractivity contribution in [2.24, 2.45) is 0 Å². The molecule has 2 N–H and O–H groups in total. The van der Waals surface area contributed by atoms with Crippen LogP contribution in [0, 0.1) is 10.1 Å². The normalized spacial score (nSPS) is 13.9. The summed E-state index contributed by atoms with van der Waals surface area (Å²) in [5, 5.41) is 15.7. The number of nitro groups is 1. The van der Waals surface area contributed by atoms with Crippen LogP contribution >= 0.6 is 11.6 Å². The molecule has 1 aliphatic rings. The van der Waals surface area contributed by atoms with E-state index in [4.69, 9.17) is 25.8 Å². The standard InChI is InChI=1S/C28H23ClN4O9/c1-3-41-23-14-16(13-20(29)25(23)42-15-24(34)30-21-6-4-5-7-22(21)40-2)12-19-26(35)31-28(37)32(27(19)36)17-8-10-18(11-9-17)33(38)39/h4-14H,3,15H2,1-2H3,(H,30,34)(H,31,35,37)/b19-12-. The summed E-state index contributed by atoms with van der Waals surface area (Å²) in [7, 11) is 1.47. The zero-order chi connectivity index (χ0) is 30.4. The lowest BCUT2D eigenvalue weighted by Gasteiger charge is -2.26. The lowest BCUT2D eigenvalue weighted by atomic mass is 10.1. The summed E-state index contributed by atoms with van der Waals surface area (Å²) in [5.41, 5.74) is 0.0725. The number of carbonyl (C=O) groups excluding carboxylic acids is 4. The van der Waals surface area contributed by atoms with Crippen molar-refractivity contribution >= 4 is 58.5 Å². The average molecular weight is 595 g/mol. The first-order chi connectivity index (χ1) is 20.1. The second-order valence-corrected chi connectivity index (χ2v) is 8.94. The topological polar surface area (TPSA) is 166 Å². The summed E-state index contributed by atoms with van der Waals surface area (Å²) in [6.45, 7) is 1.48. The minimum absolute atomic E-state index is 0.0182. The zero-order valence-electron chi connectivity index (χ0n) is 22.2. The molecule has 14 heteroatoms. The van der Waals surface area contributed by atoms with E-state index in [1.807, 2.05) is 0 Å². The van der Waals surface area contributed by atoms with Gasteiger partial charge in [-0.1, -0.05) is 23.7 Å². The molecule has 42 heavy (non-hydrogen) atoms. The fourth-order valence-corrected chi connectivity index (χ4v) is 4.20. The van der Waals surface area contributed by atoms with Crippen molar-refractivity contribution in [3.63, 3.8) is 0 Å². The van der Waals surface area contributed by atoms with E-state index in [1.165, 1.54) is 37.5 Å². The molecule has 13 nitrogen and oxygen atoms in total. The Labute approximate surface area is 243 Å². The number of nitrogens with one attached hydrogen (secondary N) is 2. The molecule has 5 amide bonds. The Bertz CT molecular complexity index is 1610. The van der Waals surface area contributed by atoms with Gasteiger partial charge < -0.3 is 19.5 Å². The third kappa shape index (κ3) is 6.47. The van der Waals surface area contributed by atoms with E-state index in [2.05, 4.69) is 10.6 Å². The van der Waals surface area contributed by atoms with E-state index >= 15 is 0 Å². The van der Waals surface area contributed by atoms with Crippen molar-refractivity contribution < 1.29 is 38.3 Å². The van der Waals surface area contributed by atoms with Crippen LogP contribution in [0.25, 0.3) is 6.08 Å². The van der Waals surface area contributed by atoms with Gasteiger partial charge in [0.25, 0.3) is 23.4 Å². The van der Waals surface area contributed by atoms with Crippen LogP contribution in [-0.2, 0) is 14.4 Å². The maximum atomic E-state index is 13.2. The van der Waals surface area contributed by atoms with Gasteiger partial charge in [-0.25, -0.2) is 9.69 Å². The highest BCUT2D eigenvalue weighted by Gasteiger charge is 2.37. The van der Waals surface area contributed by atoms with Gasteiger partial charge in [0.1, 0.15) is 11.3 Å². The predicted octanol–water partition coefficient (Wildman–Crippen LogP) is 4.34. The molecule has 4 rings (SSSR count). The minimum Gasteiger partial charge on any atom is -0.495 e. The average Bonchev–Trinajstić information content (AvgIpc) is 2.95. The van der Waals surface area contributed by atoms with Gasteiger partial charge in [-0.3, -0.25) is 29.8 Å². The van der Waals surface area contributed by atoms with Gasteiger partial charge in [-0.15, -0.1) is 0 Å². The fraction of sp³-hybridized carbons (Fsp3) is 0.143. The van der Waals surface area contributed by atoms with Crippen molar-refractivity contribution in [3.05, 3.63) is 86.9 Å². The summed E-state index contributed by atoms with van der Waals surface area (Å²) < 4.78 is 16.5. The first-order valence-corrected chi connectivity index (χ1v) is 12.7. The van der Waals surface area contributed by atoms with Gasteiger partial charge in [0.2, 0.25) is 0 Å². The SMILES string of the molecule is CCOc1cc(/C=C2/C(=O)NC(=O)N(c3ccc([N+](=O)[O-])cc3)C2=O)cc(Cl)c1OCC(=O)Nc1ccccc1OC. The van der Waals surface area contributed by atoms with E-state index in [0.717, 1.165) is 12.1 Å². The molecule has 0 unspecified atom stereocenters. The van der Waals surface area contributed by atoms with Gasteiger partial charge in [0.05, 0.1) is 35.0 Å². The maximum Gasteiger partial charge on any atom is 0.335 e. The number of non-ortho nitro benzene ring substituents is 1. The first-order valence-electron chi connectivity index (χ1n) is 12.3. The molecule has 1 fully saturated rings. The van der Waals surface area contributed by atoms with Gasteiger partial charge in [-0.2, -0.15) is 0 Å². The quantitative estimate of drug-likeness (QED) is 0.150. The van der Waals surface area contributed by atoms with Crippen LogP contribution in [0.4, 0.5) is 21.9 Å². The van der Waals surface area contributed by atoms with E-state index < -0.39 is 40.9 Å². The van der Waals surface area contributed by atoms with Crippen LogP contribution < -0.4 is 29.7 Å². The number of barbiturate groups is 1. The molecule has 216 valence electrons. The second kappa shape index (κ2) is 12.8. The Morgan fingerprint density at radius 3 is 2.45 bits per heavy atom. The number of hydrogen-bond donors (Lipinski definition) is 2. The molecule has 0 spiro atoms. The lowest BCUT2D eigenvalue weighted by Crippen LogP contribution is -2.54. The molecule has 0 aromatic heterocycles. The fourth-order valence-electron chi connectivity index (χ4n) is 3.93. The maximum absolute atomic E-state index is 13.2. The third-order valence-corrected chi connectivity index (χ3v) is 6.07. The number of halogens is 1. The van der Waals surface area contributed by atoms with Crippen LogP contribution in [-0.4, -0.2) is 49.0 Å². The van der Waals surface area contributed by atoms with Crippen LogP contribution in [0.3, 0.4) is 0 Å². The van der Waals surface area contributed by atoms with Crippen molar-refractivity contribution in [1.82, 2.24) is 5.32 Å². The number of urea groups is 1. The molecule has 0 bridgehead atoms. The summed E-state index contributed by atoms with van der Waals surface area (Å²) in [6.07, 6.45) is 1.20. The summed E-state index contributed by atoms with van der Waals surface area (Å²) in [6, 6.07) is 13.3. The van der Waals surface area contributed by atoms with Crippen molar-refractivity contribution in [2.45, 2.75) is 6.92 Å². The molecule has 1 heterocycles. The zero-order valence-corrected chi connectivity index (χ0v) is 23.0. The highest BCUT2D eigenvalue weighted by atomic mass is 35.5. The molecular formula is C28H23ClN4O9. The number of nitrogens with zero attached hydrogens (tertiary/aromatic N) is 2. The summed E-state index contributed by atoms with van der Waals surface area (Å²) >= 11 is 6.45. The monoisotopic (exact) mass is 594 g/mol. The number of amides is 5. The van der Waals surface area contributed by atoms with E-state index in [0.29, 0.717) is 16.3 Å². The number of imide groups is 2. The van der Waals surface area contributed by atoms with Gasteiger partial charge in [-0.05, 0) is 55.0 Å². The molecule has 3 aromatic rings. The number of ether oxygens (including phenoxy) is 3. The van der Waals surface area contributed by atoms with Gasteiger partial charge >= 0.3 is 6.03 Å². The number of nitro benzene ring substituents is 1. The van der Waals surface area contributed by atoms with Gasteiger partial charge in [0.15, 0.2) is 18.1 Å². The number of rotatable bonds is 10. The molecule has 3 aromatic carbocycles. The lowest BCUT2D eigenvalue weighted by molar-refractivity contribution is -0.384. The molecule has 1 aliphatic heterocycles. The number of hydrogen-bond acceptors (Lipinski definition) is 9. The Morgan fingerprint density at radius 2 is 1.79 bits per heavy atom. The Hall–Kier alpha value is -5.43. The molecule has 1 saturated heterocycles. The van der Waals surface area contributed by atoms with E-state index in [1.54, 1.807) is 31.2 Å². The minimum atomic E-state index is -1.01. The molecule has 0 saturated carbocycles. The third-order valence-electron chi connectivity index (χ3n) is 5.79. The van der Waals surface area contributed by atoms with Gasteiger partial charge in [0, 0.05) is 12.1 Å². The first kappa shape index (κ1) is 29.6.